The van der Waals surface area contributed by atoms with E-state index >= 15 is 0 Å². The van der Waals surface area contributed by atoms with Crippen LogP contribution in [-0.4, -0.2) is 55.1 Å². The highest BCUT2D eigenvalue weighted by molar-refractivity contribution is 5.88. The van der Waals surface area contributed by atoms with E-state index in [-0.39, 0.29) is 23.8 Å². The van der Waals surface area contributed by atoms with Crippen LogP contribution in [0.15, 0.2) is 0 Å². The van der Waals surface area contributed by atoms with Crippen molar-refractivity contribution in [2.45, 2.75) is 45.2 Å². The number of ether oxygens (including phenoxy) is 1. The maximum atomic E-state index is 12.3. The first-order chi connectivity index (χ1) is 9.99. The molecule has 1 aliphatic carbocycles. The number of hydrogen-bond acceptors (Lipinski definition) is 4. The van der Waals surface area contributed by atoms with Crippen molar-refractivity contribution in [1.82, 2.24) is 10.2 Å². The van der Waals surface area contributed by atoms with Gasteiger partial charge in [0.25, 0.3) is 0 Å². The summed E-state index contributed by atoms with van der Waals surface area (Å²) in [6.45, 7) is 6.21. The van der Waals surface area contributed by atoms with E-state index in [0.29, 0.717) is 32.2 Å². The molecule has 4 unspecified atom stereocenters. The molecule has 6 heteroatoms. The number of nitrogens with one attached hydrogen (secondary N) is 1. The minimum Gasteiger partial charge on any atom is -0.378 e. The van der Waals surface area contributed by atoms with E-state index in [2.05, 4.69) is 12.2 Å². The lowest BCUT2D eigenvalue weighted by Gasteiger charge is -2.33. The Kier molecular flexibility index (Phi) is 5.58. The molecule has 120 valence electrons. The number of rotatable bonds is 3. The molecule has 0 aromatic heterocycles. The number of amides is 2. The number of hydrogen-bond donors (Lipinski definition) is 2. The zero-order valence-corrected chi connectivity index (χ0v) is 13.0. The maximum Gasteiger partial charge on any atom is 0.245 e. The highest BCUT2D eigenvalue weighted by Gasteiger charge is 2.31. The summed E-state index contributed by atoms with van der Waals surface area (Å²) in [6.07, 6.45) is 2.51. The lowest BCUT2D eigenvalue weighted by molar-refractivity contribution is -0.140. The molecule has 1 aliphatic heterocycles. The molecule has 4 atom stereocenters. The normalized spacial score (nSPS) is 31.6. The van der Waals surface area contributed by atoms with Gasteiger partial charge in [-0.25, -0.2) is 0 Å². The molecule has 2 fully saturated rings. The maximum absolute atomic E-state index is 12.3. The molecular formula is C15H27N3O3. The molecule has 3 N–H and O–H groups in total. The fourth-order valence-electron chi connectivity index (χ4n) is 3.11. The first kappa shape index (κ1) is 16.2. The van der Waals surface area contributed by atoms with Crippen LogP contribution in [0.3, 0.4) is 0 Å². The van der Waals surface area contributed by atoms with Gasteiger partial charge < -0.3 is 20.7 Å². The van der Waals surface area contributed by atoms with E-state index in [0.717, 1.165) is 19.3 Å². The lowest BCUT2D eigenvalue weighted by Crippen LogP contribution is -2.52. The van der Waals surface area contributed by atoms with Crippen LogP contribution in [0.25, 0.3) is 0 Å². The lowest BCUT2D eigenvalue weighted by atomic mass is 9.79. The van der Waals surface area contributed by atoms with Crippen LogP contribution in [0.2, 0.25) is 0 Å². The van der Waals surface area contributed by atoms with E-state index in [1.165, 1.54) is 0 Å². The van der Waals surface area contributed by atoms with Gasteiger partial charge in [-0.05, 0) is 32.1 Å². The number of carbonyl (C=O) groups excluding carboxylic acids is 2. The molecule has 2 amide bonds. The minimum atomic E-state index is -0.471. The Bertz CT molecular complexity index is 382. The number of carbonyl (C=O) groups is 2. The van der Waals surface area contributed by atoms with Gasteiger partial charge in [0.1, 0.15) is 6.04 Å². The molecule has 6 nitrogen and oxygen atoms in total. The van der Waals surface area contributed by atoms with Gasteiger partial charge in [-0.2, -0.15) is 0 Å². The molecule has 0 bridgehead atoms. The van der Waals surface area contributed by atoms with Crippen molar-refractivity contribution in [3.05, 3.63) is 0 Å². The highest BCUT2D eigenvalue weighted by Crippen LogP contribution is 2.28. The first-order valence-corrected chi connectivity index (χ1v) is 7.91. The van der Waals surface area contributed by atoms with Crippen molar-refractivity contribution in [2.24, 2.45) is 17.6 Å². The number of nitrogens with zero attached hydrogens (tertiary/aromatic N) is 1. The predicted molar refractivity (Wildman–Crippen MR) is 79.5 cm³/mol. The first-order valence-electron chi connectivity index (χ1n) is 7.91. The number of nitrogens with two attached hydrogens (primary N) is 1. The average molecular weight is 297 g/mol. The summed E-state index contributed by atoms with van der Waals surface area (Å²) in [5.74, 6) is 0.314. The average Bonchev–Trinajstić information content (AvgIpc) is 2.50. The van der Waals surface area contributed by atoms with Crippen LogP contribution in [0.1, 0.15) is 33.1 Å². The van der Waals surface area contributed by atoms with E-state index in [9.17, 15) is 9.59 Å². The summed E-state index contributed by atoms with van der Waals surface area (Å²) in [5.41, 5.74) is 5.98. The van der Waals surface area contributed by atoms with E-state index in [1.54, 1.807) is 11.8 Å². The molecule has 1 saturated carbocycles. The Hall–Kier alpha value is -1.14. The van der Waals surface area contributed by atoms with Gasteiger partial charge >= 0.3 is 0 Å². The Morgan fingerprint density at radius 2 is 1.95 bits per heavy atom. The van der Waals surface area contributed by atoms with Crippen molar-refractivity contribution in [1.29, 1.82) is 0 Å². The molecule has 21 heavy (non-hydrogen) atoms. The standard InChI is InChI=1S/C15H27N3O3/c1-10-9-12(3-4-13(10)16)14(19)17-11(2)15(20)18-5-7-21-8-6-18/h10-13H,3-9,16H2,1-2H3,(H,17,19). The summed E-state index contributed by atoms with van der Waals surface area (Å²) in [5, 5.41) is 2.87. The van der Waals surface area contributed by atoms with Gasteiger partial charge in [0, 0.05) is 25.0 Å². The Morgan fingerprint density at radius 1 is 1.29 bits per heavy atom. The van der Waals surface area contributed by atoms with Gasteiger partial charge in [-0.1, -0.05) is 6.92 Å². The third kappa shape index (κ3) is 4.17. The highest BCUT2D eigenvalue weighted by atomic mass is 16.5. The third-order valence-corrected chi connectivity index (χ3v) is 4.66. The van der Waals surface area contributed by atoms with E-state index in [4.69, 9.17) is 10.5 Å². The van der Waals surface area contributed by atoms with Gasteiger partial charge in [0.15, 0.2) is 0 Å². The zero-order valence-electron chi connectivity index (χ0n) is 13.0. The number of morpholine rings is 1. The summed E-state index contributed by atoms with van der Waals surface area (Å²) in [4.78, 5) is 26.3. The summed E-state index contributed by atoms with van der Waals surface area (Å²) in [6, 6.07) is -0.275. The van der Waals surface area contributed by atoms with Gasteiger partial charge in [-0.3, -0.25) is 9.59 Å². The second kappa shape index (κ2) is 7.22. The fourth-order valence-corrected chi connectivity index (χ4v) is 3.11. The van der Waals surface area contributed by atoms with Crippen molar-refractivity contribution < 1.29 is 14.3 Å². The molecule has 2 aliphatic rings. The molecule has 1 heterocycles. The van der Waals surface area contributed by atoms with Crippen molar-refractivity contribution in [3.63, 3.8) is 0 Å². The minimum absolute atomic E-state index is 0.0112. The van der Waals surface area contributed by atoms with Gasteiger partial charge in [0.2, 0.25) is 11.8 Å². The molecule has 0 spiro atoms. The Morgan fingerprint density at radius 3 is 2.57 bits per heavy atom. The summed E-state index contributed by atoms with van der Waals surface area (Å²) in [7, 11) is 0. The molecule has 0 aromatic carbocycles. The van der Waals surface area contributed by atoms with E-state index < -0.39 is 6.04 Å². The van der Waals surface area contributed by atoms with Crippen molar-refractivity contribution in [3.8, 4) is 0 Å². The van der Waals surface area contributed by atoms with Crippen molar-refractivity contribution in [2.75, 3.05) is 26.3 Å². The molecular weight excluding hydrogens is 270 g/mol. The third-order valence-electron chi connectivity index (χ3n) is 4.66. The summed E-state index contributed by atoms with van der Waals surface area (Å²) < 4.78 is 5.23. The van der Waals surface area contributed by atoms with Crippen LogP contribution in [0, 0.1) is 11.8 Å². The summed E-state index contributed by atoms with van der Waals surface area (Å²) >= 11 is 0. The van der Waals surface area contributed by atoms with Crippen LogP contribution < -0.4 is 11.1 Å². The fraction of sp³-hybridized carbons (Fsp3) is 0.867. The molecule has 1 saturated heterocycles. The second-order valence-corrected chi connectivity index (χ2v) is 6.32. The second-order valence-electron chi connectivity index (χ2n) is 6.32. The molecule has 0 radical (unpaired) electrons. The molecule has 2 rings (SSSR count). The monoisotopic (exact) mass is 297 g/mol. The van der Waals surface area contributed by atoms with Crippen LogP contribution in [-0.2, 0) is 14.3 Å². The topological polar surface area (TPSA) is 84.7 Å². The smallest absolute Gasteiger partial charge is 0.245 e. The Labute approximate surface area is 126 Å². The zero-order chi connectivity index (χ0) is 15.4. The Balaban J connectivity index is 1.82. The van der Waals surface area contributed by atoms with Crippen LogP contribution in [0.4, 0.5) is 0 Å². The predicted octanol–water partition coefficient (Wildman–Crippen LogP) is 0.113. The quantitative estimate of drug-likeness (QED) is 0.774. The largest absolute Gasteiger partial charge is 0.378 e. The van der Waals surface area contributed by atoms with Gasteiger partial charge in [0.05, 0.1) is 13.2 Å². The van der Waals surface area contributed by atoms with Crippen LogP contribution in [0.5, 0.6) is 0 Å². The van der Waals surface area contributed by atoms with Gasteiger partial charge in [-0.15, -0.1) is 0 Å². The SMILES string of the molecule is CC(NC(=O)C1CCC(N)C(C)C1)C(=O)N1CCOCC1. The van der Waals surface area contributed by atoms with Crippen LogP contribution >= 0.6 is 0 Å². The van der Waals surface area contributed by atoms with E-state index in [1.807, 2.05) is 0 Å². The van der Waals surface area contributed by atoms with Crippen molar-refractivity contribution >= 4 is 11.8 Å². The molecule has 0 aromatic rings.